The molecule has 0 spiro atoms. The quantitative estimate of drug-likeness (QED) is 0.772. The zero-order valence-electron chi connectivity index (χ0n) is 12.3. The fourth-order valence-electron chi connectivity index (χ4n) is 2.26. The summed E-state index contributed by atoms with van der Waals surface area (Å²) in [7, 11) is 1.66. The summed E-state index contributed by atoms with van der Waals surface area (Å²) >= 11 is 1.67. The van der Waals surface area contributed by atoms with Gasteiger partial charge in [0, 0.05) is 23.0 Å². The van der Waals surface area contributed by atoms with E-state index in [1.165, 1.54) is 0 Å². The number of rotatable bonds is 5. The van der Waals surface area contributed by atoms with Gasteiger partial charge in [-0.1, -0.05) is 12.1 Å². The molecule has 0 aliphatic carbocycles. The van der Waals surface area contributed by atoms with Gasteiger partial charge < -0.3 is 14.5 Å². The molecule has 0 saturated heterocycles. The molecule has 2 aromatic heterocycles. The summed E-state index contributed by atoms with van der Waals surface area (Å²) in [6, 6.07) is 8.08. The molecule has 110 valence electrons. The van der Waals surface area contributed by atoms with E-state index < -0.39 is 0 Å². The number of aryl methyl sites for hydroxylation is 1. The summed E-state index contributed by atoms with van der Waals surface area (Å²) in [4.78, 5) is 4.45. The van der Waals surface area contributed by atoms with Crippen molar-refractivity contribution in [3.05, 3.63) is 46.1 Å². The molecule has 3 rings (SSSR count). The SMILES string of the molecule is COc1cccc2cc(C(C)NCc3nc(C)cs3)oc12. The fourth-order valence-corrected chi connectivity index (χ4v) is 2.98. The van der Waals surface area contributed by atoms with E-state index in [1.54, 1.807) is 18.4 Å². The molecule has 1 aromatic carbocycles. The molecular weight excluding hydrogens is 284 g/mol. The number of aromatic nitrogens is 1. The lowest BCUT2D eigenvalue weighted by Gasteiger charge is -2.09. The minimum atomic E-state index is 0.117. The largest absolute Gasteiger partial charge is 0.493 e. The van der Waals surface area contributed by atoms with Crippen LogP contribution in [0, 0.1) is 6.92 Å². The van der Waals surface area contributed by atoms with Gasteiger partial charge >= 0.3 is 0 Å². The maximum absolute atomic E-state index is 5.94. The Labute approximate surface area is 127 Å². The second-order valence-corrected chi connectivity index (χ2v) is 5.96. The Morgan fingerprint density at radius 1 is 1.43 bits per heavy atom. The van der Waals surface area contributed by atoms with Crippen LogP contribution in [-0.4, -0.2) is 12.1 Å². The van der Waals surface area contributed by atoms with Gasteiger partial charge in [0.05, 0.1) is 13.2 Å². The van der Waals surface area contributed by atoms with E-state index in [-0.39, 0.29) is 6.04 Å². The van der Waals surface area contributed by atoms with Crippen LogP contribution in [0.1, 0.15) is 29.4 Å². The van der Waals surface area contributed by atoms with Gasteiger partial charge in [0.2, 0.25) is 0 Å². The molecule has 1 atom stereocenters. The molecule has 0 fully saturated rings. The molecule has 0 bridgehead atoms. The first-order valence-electron chi connectivity index (χ1n) is 6.88. The second-order valence-electron chi connectivity index (χ2n) is 5.01. The maximum atomic E-state index is 5.94. The summed E-state index contributed by atoms with van der Waals surface area (Å²) in [5.74, 6) is 1.67. The molecule has 0 amide bonds. The van der Waals surface area contributed by atoms with Gasteiger partial charge in [-0.25, -0.2) is 4.98 Å². The lowest BCUT2D eigenvalue weighted by Crippen LogP contribution is -2.17. The molecule has 1 N–H and O–H groups in total. The number of fused-ring (bicyclic) bond motifs is 1. The first-order valence-corrected chi connectivity index (χ1v) is 7.76. The number of nitrogens with zero attached hydrogens (tertiary/aromatic N) is 1. The van der Waals surface area contributed by atoms with Gasteiger partial charge in [-0.2, -0.15) is 0 Å². The highest BCUT2D eigenvalue weighted by atomic mass is 32.1. The zero-order chi connectivity index (χ0) is 14.8. The predicted molar refractivity (Wildman–Crippen MR) is 84.9 cm³/mol. The number of hydrogen-bond donors (Lipinski definition) is 1. The normalized spacial score (nSPS) is 12.7. The smallest absolute Gasteiger partial charge is 0.176 e. The molecular formula is C16H18N2O2S. The predicted octanol–water partition coefficient (Wildman–Crippen LogP) is 4.06. The van der Waals surface area contributed by atoms with Crippen molar-refractivity contribution < 1.29 is 9.15 Å². The van der Waals surface area contributed by atoms with Crippen LogP contribution in [0.15, 0.2) is 34.1 Å². The summed E-state index contributed by atoms with van der Waals surface area (Å²) in [6.45, 7) is 4.84. The highest BCUT2D eigenvalue weighted by Crippen LogP contribution is 2.30. The number of benzene rings is 1. The monoisotopic (exact) mass is 302 g/mol. The number of nitrogens with one attached hydrogen (secondary N) is 1. The average Bonchev–Trinajstić information content (AvgIpc) is 3.10. The Kier molecular flexibility index (Phi) is 3.94. The van der Waals surface area contributed by atoms with E-state index in [0.717, 1.165) is 39.7 Å². The molecule has 0 aliphatic heterocycles. The van der Waals surface area contributed by atoms with Crippen molar-refractivity contribution in [2.75, 3.05) is 7.11 Å². The van der Waals surface area contributed by atoms with E-state index in [9.17, 15) is 0 Å². The number of furan rings is 1. The average molecular weight is 302 g/mol. The fraction of sp³-hybridized carbons (Fsp3) is 0.312. The Bertz CT molecular complexity index is 748. The Balaban J connectivity index is 1.76. The lowest BCUT2D eigenvalue weighted by molar-refractivity contribution is 0.399. The third-order valence-electron chi connectivity index (χ3n) is 3.40. The van der Waals surface area contributed by atoms with Crippen LogP contribution in [0.2, 0.25) is 0 Å². The van der Waals surface area contributed by atoms with Gasteiger partial charge in [-0.3, -0.25) is 0 Å². The van der Waals surface area contributed by atoms with Crippen LogP contribution in [-0.2, 0) is 6.54 Å². The molecule has 3 aromatic rings. The molecule has 21 heavy (non-hydrogen) atoms. The van der Waals surface area contributed by atoms with Crippen molar-refractivity contribution in [1.82, 2.24) is 10.3 Å². The summed E-state index contributed by atoms with van der Waals surface area (Å²) in [6.07, 6.45) is 0. The van der Waals surface area contributed by atoms with Gasteiger partial charge in [0.1, 0.15) is 10.8 Å². The summed E-state index contributed by atoms with van der Waals surface area (Å²) in [5.41, 5.74) is 1.87. The van der Waals surface area contributed by atoms with Gasteiger partial charge in [0.15, 0.2) is 11.3 Å². The highest BCUT2D eigenvalue weighted by Gasteiger charge is 2.14. The molecule has 5 heteroatoms. The number of thiazole rings is 1. The topological polar surface area (TPSA) is 47.3 Å². The number of methoxy groups -OCH3 is 1. The first kappa shape index (κ1) is 14.1. The second kappa shape index (κ2) is 5.87. The number of ether oxygens (including phenoxy) is 1. The van der Waals surface area contributed by atoms with Crippen LogP contribution in [0.25, 0.3) is 11.0 Å². The third-order valence-corrected chi connectivity index (χ3v) is 4.37. The zero-order valence-corrected chi connectivity index (χ0v) is 13.2. The van der Waals surface area contributed by atoms with Crippen molar-refractivity contribution in [2.45, 2.75) is 26.4 Å². The molecule has 0 saturated carbocycles. The molecule has 0 aliphatic rings. The van der Waals surface area contributed by atoms with Crippen molar-refractivity contribution in [3.8, 4) is 5.75 Å². The molecule has 1 unspecified atom stereocenters. The Hall–Kier alpha value is -1.85. The van der Waals surface area contributed by atoms with E-state index >= 15 is 0 Å². The van der Waals surface area contributed by atoms with E-state index in [2.05, 4.69) is 28.7 Å². The Morgan fingerprint density at radius 2 is 2.29 bits per heavy atom. The van der Waals surface area contributed by atoms with Crippen molar-refractivity contribution in [1.29, 1.82) is 0 Å². The first-order chi connectivity index (χ1) is 10.2. The van der Waals surface area contributed by atoms with Crippen LogP contribution in [0.3, 0.4) is 0 Å². The number of hydrogen-bond acceptors (Lipinski definition) is 5. The maximum Gasteiger partial charge on any atom is 0.176 e. The minimum absolute atomic E-state index is 0.117. The van der Waals surface area contributed by atoms with Gasteiger partial charge in [0.25, 0.3) is 0 Å². The molecule has 2 heterocycles. The lowest BCUT2D eigenvalue weighted by atomic mass is 10.2. The number of para-hydroxylation sites is 1. The summed E-state index contributed by atoms with van der Waals surface area (Å²) < 4.78 is 11.3. The van der Waals surface area contributed by atoms with E-state index in [1.807, 2.05) is 25.1 Å². The van der Waals surface area contributed by atoms with Crippen molar-refractivity contribution >= 4 is 22.3 Å². The Morgan fingerprint density at radius 3 is 3.00 bits per heavy atom. The van der Waals surface area contributed by atoms with Crippen LogP contribution < -0.4 is 10.1 Å². The summed E-state index contributed by atoms with van der Waals surface area (Å²) in [5, 5.41) is 7.65. The van der Waals surface area contributed by atoms with Crippen LogP contribution in [0.4, 0.5) is 0 Å². The van der Waals surface area contributed by atoms with Gasteiger partial charge in [-0.15, -0.1) is 11.3 Å². The standard InChI is InChI=1S/C16H18N2O2S/c1-10-9-21-15(18-10)8-17-11(2)14-7-12-5-4-6-13(19-3)16(12)20-14/h4-7,9,11,17H,8H2,1-3H3. The molecule has 4 nitrogen and oxygen atoms in total. The van der Waals surface area contributed by atoms with Gasteiger partial charge in [-0.05, 0) is 26.0 Å². The third kappa shape index (κ3) is 2.94. The van der Waals surface area contributed by atoms with Crippen molar-refractivity contribution in [2.24, 2.45) is 0 Å². The van der Waals surface area contributed by atoms with Crippen LogP contribution in [0.5, 0.6) is 5.75 Å². The highest BCUT2D eigenvalue weighted by molar-refractivity contribution is 7.09. The van der Waals surface area contributed by atoms with E-state index in [0.29, 0.717) is 0 Å². The van der Waals surface area contributed by atoms with E-state index in [4.69, 9.17) is 9.15 Å². The minimum Gasteiger partial charge on any atom is -0.493 e. The van der Waals surface area contributed by atoms with Crippen LogP contribution >= 0.6 is 11.3 Å². The van der Waals surface area contributed by atoms with Crippen molar-refractivity contribution in [3.63, 3.8) is 0 Å². The molecule has 0 radical (unpaired) electrons.